The summed E-state index contributed by atoms with van der Waals surface area (Å²) >= 11 is 0. The zero-order valence-electron chi connectivity index (χ0n) is 17.8. The monoisotopic (exact) mass is 438 g/mol. The van der Waals surface area contributed by atoms with E-state index in [9.17, 15) is 14.4 Å². The molecular formula is C24H26N2O6. The molecule has 1 fully saturated rings. The zero-order chi connectivity index (χ0) is 22.7. The van der Waals surface area contributed by atoms with Crippen molar-refractivity contribution in [1.82, 2.24) is 10.4 Å². The van der Waals surface area contributed by atoms with Crippen LogP contribution in [0.15, 0.2) is 48.5 Å². The Balaban J connectivity index is 1.36. The van der Waals surface area contributed by atoms with E-state index in [-0.39, 0.29) is 24.5 Å². The average molecular weight is 438 g/mol. The van der Waals surface area contributed by atoms with Crippen molar-refractivity contribution < 1.29 is 29.1 Å². The number of ether oxygens (including phenoxy) is 1. The number of benzene rings is 2. The van der Waals surface area contributed by atoms with E-state index in [1.165, 1.54) is 7.05 Å². The number of amides is 2. The van der Waals surface area contributed by atoms with Crippen molar-refractivity contribution in [3.63, 3.8) is 0 Å². The first-order valence-electron chi connectivity index (χ1n) is 10.7. The number of hydroxylamine groups is 2. The second-order valence-corrected chi connectivity index (χ2v) is 8.12. The molecule has 2 aliphatic carbocycles. The average Bonchev–Trinajstić information content (AvgIpc) is 3.38. The Morgan fingerprint density at radius 1 is 1.03 bits per heavy atom. The zero-order valence-corrected chi connectivity index (χ0v) is 17.8. The van der Waals surface area contributed by atoms with Crippen LogP contribution in [0.25, 0.3) is 11.1 Å². The van der Waals surface area contributed by atoms with Crippen molar-refractivity contribution in [3.8, 4) is 11.1 Å². The number of rotatable bonds is 7. The van der Waals surface area contributed by atoms with Crippen LogP contribution in [0.5, 0.6) is 0 Å². The van der Waals surface area contributed by atoms with Crippen LogP contribution in [0, 0.1) is 5.92 Å². The Labute approximate surface area is 186 Å². The van der Waals surface area contributed by atoms with E-state index in [2.05, 4.69) is 29.6 Å². The topological polar surface area (TPSA) is 105 Å². The van der Waals surface area contributed by atoms with E-state index in [1.807, 2.05) is 24.3 Å². The van der Waals surface area contributed by atoms with Crippen LogP contribution in [0.3, 0.4) is 0 Å². The van der Waals surface area contributed by atoms with E-state index in [0.717, 1.165) is 33.7 Å². The first-order valence-corrected chi connectivity index (χ1v) is 10.7. The lowest BCUT2D eigenvalue weighted by Crippen LogP contribution is -2.45. The van der Waals surface area contributed by atoms with Crippen LogP contribution in [-0.4, -0.2) is 54.4 Å². The van der Waals surface area contributed by atoms with Crippen molar-refractivity contribution in [2.24, 2.45) is 5.92 Å². The highest BCUT2D eigenvalue weighted by atomic mass is 16.7. The Bertz CT molecular complexity index is 978. The molecule has 0 saturated heterocycles. The van der Waals surface area contributed by atoms with E-state index in [1.54, 1.807) is 0 Å². The summed E-state index contributed by atoms with van der Waals surface area (Å²) in [5, 5.41) is 12.5. The van der Waals surface area contributed by atoms with Gasteiger partial charge in [-0.1, -0.05) is 55.0 Å². The second kappa shape index (κ2) is 9.40. The van der Waals surface area contributed by atoms with Gasteiger partial charge in [-0.3, -0.25) is 9.63 Å². The van der Waals surface area contributed by atoms with Crippen LogP contribution in [0.1, 0.15) is 36.3 Å². The van der Waals surface area contributed by atoms with Gasteiger partial charge >= 0.3 is 12.1 Å². The lowest BCUT2D eigenvalue weighted by Gasteiger charge is -2.24. The Morgan fingerprint density at radius 3 is 2.28 bits per heavy atom. The number of hydrogen-bond acceptors (Lipinski definition) is 5. The van der Waals surface area contributed by atoms with Gasteiger partial charge in [-0.05, 0) is 35.1 Å². The molecule has 1 saturated carbocycles. The van der Waals surface area contributed by atoms with Crippen LogP contribution >= 0.6 is 0 Å². The number of fused-ring (bicyclic) bond motifs is 3. The molecule has 2 atom stereocenters. The molecule has 8 heteroatoms. The third-order valence-corrected chi connectivity index (χ3v) is 6.17. The van der Waals surface area contributed by atoms with Gasteiger partial charge in [0.2, 0.25) is 0 Å². The molecule has 0 spiro atoms. The molecule has 168 valence electrons. The maximum atomic E-state index is 12.6. The van der Waals surface area contributed by atoms with E-state index >= 15 is 0 Å². The number of carbonyl (C=O) groups excluding carboxylic acids is 2. The van der Waals surface area contributed by atoms with Gasteiger partial charge in [0.15, 0.2) is 6.61 Å². The van der Waals surface area contributed by atoms with Crippen molar-refractivity contribution in [1.29, 1.82) is 0 Å². The molecule has 8 nitrogen and oxygen atoms in total. The molecule has 2 N–H and O–H groups in total. The minimum absolute atomic E-state index is 0.0373. The Kier molecular flexibility index (Phi) is 6.41. The van der Waals surface area contributed by atoms with Crippen LogP contribution < -0.4 is 5.32 Å². The fourth-order valence-electron chi connectivity index (χ4n) is 4.67. The standard InChI is InChI=1S/C24H26N2O6/c1-26(32-14-22(27)28)23(29)19-11-6-12-21(19)25-24(30)31-13-20-17-9-4-2-7-15(17)16-8-3-5-10-18(16)20/h2-5,7-10,19-21H,6,11-14H2,1H3,(H,25,30)(H,27,28). The number of hydrogen-bond donors (Lipinski definition) is 2. The number of carbonyl (C=O) groups is 3. The van der Waals surface area contributed by atoms with Gasteiger partial charge < -0.3 is 15.2 Å². The molecule has 0 heterocycles. The maximum Gasteiger partial charge on any atom is 0.407 e. The third kappa shape index (κ3) is 4.45. The lowest BCUT2D eigenvalue weighted by molar-refractivity contribution is -0.189. The summed E-state index contributed by atoms with van der Waals surface area (Å²) in [5.41, 5.74) is 4.58. The van der Waals surface area contributed by atoms with Gasteiger partial charge in [-0.15, -0.1) is 0 Å². The predicted octanol–water partition coefficient (Wildman–Crippen LogP) is 3.17. The minimum Gasteiger partial charge on any atom is -0.479 e. The lowest BCUT2D eigenvalue weighted by atomic mass is 9.98. The summed E-state index contributed by atoms with van der Waals surface area (Å²) in [7, 11) is 1.38. The van der Waals surface area contributed by atoms with Gasteiger partial charge in [-0.2, -0.15) is 0 Å². The van der Waals surface area contributed by atoms with Crippen molar-refractivity contribution in [3.05, 3.63) is 59.7 Å². The molecule has 0 bridgehead atoms. The maximum absolute atomic E-state index is 12.6. The fourth-order valence-corrected chi connectivity index (χ4v) is 4.67. The summed E-state index contributed by atoms with van der Waals surface area (Å²) in [6.07, 6.45) is 1.45. The summed E-state index contributed by atoms with van der Waals surface area (Å²) in [5.74, 6) is -2.03. The number of aliphatic carboxylic acids is 1. The van der Waals surface area contributed by atoms with Gasteiger partial charge in [0.1, 0.15) is 6.61 Å². The highest BCUT2D eigenvalue weighted by molar-refractivity contribution is 5.81. The van der Waals surface area contributed by atoms with Gasteiger partial charge in [0.05, 0.1) is 5.92 Å². The molecule has 2 aliphatic rings. The first kappa shape index (κ1) is 21.8. The van der Waals surface area contributed by atoms with E-state index in [0.29, 0.717) is 12.8 Å². The summed E-state index contributed by atoms with van der Waals surface area (Å²) in [6, 6.07) is 15.8. The molecule has 0 radical (unpaired) electrons. The molecule has 2 aromatic carbocycles. The number of carboxylic acids is 1. The van der Waals surface area contributed by atoms with Gasteiger partial charge in [0.25, 0.3) is 5.91 Å². The second-order valence-electron chi connectivity index (χ2n) is 8.12. The van der Waals surface area contributed by atoms with Gasteiger partial charge in [-0.25, -0.2) is 14.7 Å². The highest BCUT2D eigenvalue weighted by Crippen LogP contribution is 2.44. The molecule has 0 aliphatic heterocycles. The van der Waals surface area contributed by atoms with E-state index < -0.39 is 24.6 Å². The predicted molar refractivity (Wildman–Crippen MR) is 116 cm³/mol. The highest BCUT2D eigenvalue weighted by Gasteiger charge is 2.37. The largest absolute Gasteiger partial charge is 0.479 e. The van der Waals surface area contributed by atoms with Crippen LogP contribution in [0.4, 0.5) is 4.79 Å². The quantitative estimate of drug-likeness (QED) is 0.644. The SMILES string of the molecule is CN(OCC(=O)O)C(=O)C1CCCC1NC(=O)OCC1c2ccccc2-c2ccccc21. The number of alkyl carbamates (subject to hydrolysis) is 1. The number of nitrogens with one attached hydrogen (secondary N) is 1. The molecule has 0 aromatic heterocycles. The third-order valence-electron chi connectivity index (χ3n) is 6.17. The summed E-state index contributed by atoms with van der Waals surface area (Å²) in [4.78, 5) is 40.8. The first-order chi connectivity index (χ1) is 15.5. The smallest absolute Gasteiger partial charge is 0.407 e. The molecule has 2 amide bonds. The van der Waals surface area contributed by atoms with Crippen molar-refractivity contribution in [2.45, 2.75) is 31.2 Å². The Hall–Kier alpha value is -3.39. The molecular weight excluding hydrogens is 412 g/mol. The van der Waals surface area contributed by atoms with E-state index in [4.69, 9.17) is 14.7 Å². The minimum atomic E-state index is -1.16. The molecule has 2 aromatic rings. The van der Waals surface area contributed by atoms with Crippen LogP contribution in [0.2, 0.25) is 0 Å². The number of nitrogens with zero attached hydrogens (tertiary/aromatic N) is 1. The normalized spacial score (nSPS) is 19.2. The fraction of sp³-hybridized carbons (Fsp3) is 0.375. The summed E-state index contributed by atoms with van der Waals surface area (Å²) < 4.78 is 5.59. The Morgan fingerprint density at radius 2 is 1.66 bits per heavy atom. The van der Waals surface area contributed by atoms with Crippen molar-refractivity contribution in [2.75, 3.05) is 20.3 Å². The molecule has 32 heavy (non-hydrogen) atoms. The molecule has 4 rings (SSSR count). The summed E-state index contributed by atoms with van der Waals surface area (Å²) in [6.45, 7) is -0.397. The van der Waals surface area contributed by atoms with Crippen molar-refractivity contribution >= 4 is 18.0 Å². The van der Waals surface area contributed by atoms with Gasteiger partial charge in [0, 0.05) is 19.0 Å². The number of carboxylic acid groups (broad SMARTS) is 1. The van der Waals surface area contributed by atoms with Crippen LogP contribution in [-0.2, 0) is 19.2 Å². The molecule has 2 unspecified atom stereocenters.